The maximum Gasteiger partial charge on any atom is 0.243 e. The van der Waals surface area contributed by atoms with Crippen molar-refractivity contribution < 1.29 is 28.7 Å². The number of ether oxygens (including phenoxy) is 2. The zero-order chi connectivity index (χ0) is 29.6. The summed E-state index contributed by atoms with van der Waals surface area (Å²) in [4.78, 5) is 57.2. The first-order valence-corrected chi connectivity index (χ1v) is 14.5. The van der Waals surface area contributed by atoms with E-state index in [1.54, 1.807) is 33.1 Å². The van der Waals surface area contributed by atoms with Gasteiger partial charge in [0.1, 0.15) is 23.4 Å². The van der Waals surface area contributed by atoms with E-state index in [1.807, 2.05) is 12.1 Å². The molecule has 2 aliphatic rings. The van der Waals surface area contributed by atoms with Crippen molar-refractivity contribution in [3.05, 3.63) is 52.6 Å². The summed E-state index contributed by atoms with van der Waals surface area (Å²) < 4.78 is 10.6. The van der Waals surface area contributed by atoms with Crippen molar-refractivity contribution in [3.63, 3.8) is 0 Å². The molecule has 0 spiro atoms. The molecule has 1 aliphatic heterocycles. The average molecular weight is 584 g/mol. The summed E-state index contributed by atoms with van der Waals surface area (Å²) >= 11 is 1.20. The van der Waals surface area contributed by atoms with Gasteiger partial charge in [-0.15, -0.1) is 11.3 Å². The smallest absolute Gasteiger partial charge is 0.243 e. The Hall–Kier alpha value is -3.77. The van der Waals surface area contributed by atoms with E-state index in [-0.39, 0.29) is 24.5 Å². The number of methoxy groups -OCH3 is 1. The number of carbonyl (C=O) groups excluding carboxylic acids is 4. The number of Topliss-reactive ketones (excluding diaryl/α,β-unsaturated/α-hetero) is 1. The van der Waals surface area contributed by atoms with E-state index in [4.69, 9.17) is 15.2 Å². The van der Waals surface area contributed by atoms with Gasteiger partial charge in [0, 0.05) is 17.5 Å². The number of allylic oxidation sites excluding steroid dienone is 1. The number of ketones is 1. The standard InChI is InChI=1S/C29H37N5O6S/c1-17(32-24(35)14-21-15-31-28(30)41-21)26(37)34-23(13-19-8-10-20(39-3)11-9-19)27(38)33-22(12-18-6-4-5-7-18)25(36)29(2)16-40-29/h6,8-11,15,17,22-23H,4-5,7,12-14,16H2,1-3H3,(H2,30,31)(H,32,35)(H,33,38)(H,34,37)/t17-,22-,23-,29+/m0/s1. The molecule has 1 saturated heterocycles. The maximum atomic E-state index is 13.7. The first-order valence-electron chi connectivity index (χ1n) is 13.7. The number of hydrogen-bond acceptors (Lipinski definition) is 9. The Balaban J connectivity index is 1.46. The molecule has 1 aliphatic carbocycles. The van der Waals surface area contributed by atoms with Gasteiger partial charge in [0.15, 0.2) is 10.9 Å². The van der Waals surface area contributed by atoms with Crippen LogP contribution in [0.3, 0.4) is 0 Å². The lowest BCUT2D eigenvalue weighted by Gasteiger charge is -2.25. The third-order valence-corrected chi connectivity index (χ3v) is 8.07. The number of epoxide rings is 1. The van der Waals surface area contributed by atoms with Crippen LogP contribution in [0.2, 0.25) is 0 Å². The van der Waals surface area contributed by atoms with Gasteiger partial charge in [-0.25, -0.2) is 4.98 Å². The number of carbonyl (C=O) groups is 4. The van der Waals surface area contributed by atoms with Crippen LogP contribution in [0.25, 0.3) is 0 Å². The second-order valence-electron chi connectivity index (χ2n) is 10.6. The van der Waals surface area contributed by atoms with Gasteiger partial charge in [-0.05, 0) is 57.2 Å². The minimum absolute atomic E-state index is 0.0305. The number of nitrogens with two attached hydrogens (primary N) is 1. The molecule has 4 atom stereocenters. The van der Waals surface area contributed by atoms with E-state index in [1.165, 1.54) is 17.5 Å². The van der Waals surface area contributed by atoms with Crippen molar-refractivity contribution in [1.82, 2.24) is 20.9 Å². The molecule has 2 heterocycles. The largest absolute Gasteiger partial charge is 0.497 e. The van der Waals surface area contributed by atoms with Crippen molar-refractivity contribution in [2.24, 2.45) is 0 Å². The number of rotatable bonds is 14. The normalized spacial score (nSPS) is 19.8. The summed E-state index contributed by atoms with van der Waals surface area (Å²) in [6.45, 7) is 3.58. The number of nitrogens with zero attached hydrogens (tertiary/aromatic N) is 1. The number of hydrogen-bond donors (Lipinski definition) is 4. The zero-order valence-corrected chi connectivity index (χ0v) is 24.3. The second kappa shape index (κ2) is 13.3. The molecule has 0 bridgehead atoms. The molecule has 11 nitrogen and oxygen atoms in total. The maximum absolute atomic E-state index is 13.7. The summed E-state index contributed by atoms with van der Waals surface area (Å²) in [6, 6.07) is 4.45. The SMILES string of the molecule is COc1ccc(C[C@H](NC(=O)[C@H](C)NC(=O)Cc2cnc(N)s2)C(=O)N[C@@H](CC2=CCCC2)C(=O)[C@@]2(C)CO2)cc1. The van der Waals surface area contributed by atoms with Gasteiger partial charge in [0.25, 0.3) is 0 Å². The van der Waals surface area contributed by atoms with Gasteiger partial charge < -0.3 is 31.2 Å². The molecule has 1 aromatic carbocycles. The van der Waals surface area contributed by atoms with E-state index in [0.717, 1.165) is 30.4 Å². The molecular weight excluding hydrogens is 546 g/mol. The highest BCUT2D eigenvalue weighted by Gasteiger charge is 2.50. The Morgan fingerprint density at radius 1 is 1.10 bits per heavy atom. The first kappa shape index (κ1) is 30.2. The predicted molar refractivity (Wildman–Crippen MR) is 154 cm³/mol. The quantitative estimate of drug-likeness (QED) is 0.193. The van der Waals surface area contributed by atoms with Gasteiger partial charge in [0.2, 0.25) is 17.7 Å². The van der Waals surface area contributed by atoms with E-state index in [9.17, 15) is 19.2 Å². The fourth-order valence-electron chi connectivity index (χ4n) is 4.71. The van der Waals surface area contributed by atoms with Gasteiger partial charge in [-0.3, -0.25) is 19.2 Å². The second-order valence-corrected chi connectivity index (χ2v) is 11.8. The minimum Gasteiger partial charge on any atom is -0.497 e. The molecule has 5 N–H and O–H groups in total. The van der Waals surface area contributed by atoms with Crippen molar-refractivity contribution in [2.45, 2.75) is 76.1 Å². The summed E-state index contributed by atoms with van der Waals surface area (Å²) in [5.41, 5.74) is 6.63. The Morgan fingerprint density at radius 2 is 1.80 bits per heavy atom. The highest BCUT2D eigenvalue weighted by atomic mass is 32.1. The fourth-order valence-corrected chi connectivity index (χ4v) is 5.39. The van der Waals surface area contributed by atoms with Crippen LogP contribution in [0.1, 0.15) is 50.0 Å². The first-order chi connectivity index (χ1) is 19.6. The number of nitrogen functional groups attached to an aromatic ring is 1. The Bertz CT molecular complexity index is 1300. The minimum atomic E-state index is -1.00. The van der Waals surface area contributed by atoms with Gasteiger partial charge in [-0.1, -0.05) is 23.8 Å². The molecule has 220 valence electrons. The van der Waals surface area contributed by atoms with Crippen LogP contribution in [0.4, 0.5) is 5.13 Å². The van der Waals surface area contributed by atoms with Crippen LogP contribution >= 0.6 is 11.3 Å². The van der Waals surface area contributed by atoms with Crippen LogP contribution in [-0.4, -0.2) is 65.9 Å². The van der Waals surface area contributed by atoms with Crippen LogP contribution in [0, 0.1) is 0 Å². The molecule has 1 aromatic heterocycles. The van der Waals surface area contributed by atoms with Crippen molar-refractivity contribution in [3.8, 4) is 5.75 Å². The molecule has 0 saturated carbocycles. The van der Waals surface area contributed by atoms with Gasteiger partial charge in [-0.2, -0.15) is 0 Å². The fraction of sp³-hybridized carbons (Fsp3) is 0.483. The lowest BCUT2D eigenvalue weighted by molar-refractivity contribution is -0.134. The third kappa shape index (κ3) is 8.37. The Morgan fingerprint density at radius 3 is 2.39 bits per heavy atom. The lowest BCUT2D eigenvalue weighted by Crippen LogP contribution is -2.56. The molecule has 41 heavy (non-hydrogen) atoms. The average Bonchev–Trinajstić information content (AvgIpc) is 3.28. The lowest BCUT2D eigenvalue weighted by atomic mass is 9.94. The van der Waals surface area contributed by atoms with Crippen molar-refractivity contribution >= 4 is 40.0 Å². The van der Waals surface area contributed by atoms with Crippen LogP contribution in [0.5, 0.6) is 5.75 Å². The molecular formula is C29H37N5O6S. The van der Waals surface area contributed by atoms with E-state index < -0.39 is 35.5 Å². The van der Waals surface area contributed by atoms with Crippen LogP contribution in [-0.2, 0) is 36.8 Å². The summed E-state index contributed by atoms with van der Waals surface area (Å²) in [5.74, 6) is -0.923. The molecule has 2 aromatic rings. The van der Waals surface area contributed by atoms with Crippen molar-refractivity contribution in [1.29, 1.82) is 0 Å². The summed E-state index contributed by atoms with van der Waals surface area (Å²) in [7, 11) is 1.56. The number of anilines is 1. The van der Waals surface area contributed by atoms with Gasteiger partial charge in [0.05, 0.1) is 26.2 Å². The predicted octanol–water partition coefficient (Wildman–Crippen LogP) is 1.85. The summed E-state index contributed by atoms with van der Waals surface area (Å²) in [5, 5.41) is 8.69. The topological polar surface area (TPSA) is 165 Å². The number of aromatic nitrogens is 1. The molecule has 0 radical (unpaired) electrons. The molecule has 1 fully saturated rings. The number of benzene rings is 1. The van der Waals surface area contributed by atoms with Crippen LogP contribution < -0.4 is 26.4 Å². The number of amides is 3. The summed E-state index contributed by atoms with van der Waals surface area (Å²) in [6.07, 6.45) is 7.09. The third-order valence-electron chi connectivity index (χ3n) is 7.24. The molecule has 0 unspecified atom stereocenters. The molecule has 3 amide bonds. The monoisotopic (exact) mass is 583 g/mol. The van der Waals surface area contributed by atoms with Crippen LogP contribution in [0.15, 0.2) is 42.1 Å². The van der Waals surface area contributed by atoms with E-state index in [2.05, 4.69) is 27.0 Å². The Labute approximate surface area is 243 Å². The van der Waals surface area contributed by atoms with E-state index >= 15 is 0 Å². The van der Waals surface area contributed by atoms with E-state index in [0.29, 0.717) is 28.8 Å². The zero-order valence-electron chi connectivity index (χ0n) is 23.5. The molecule has 12 heteroatoms. The highest BCUT2D eigenvalue weighted by Crippen LogP contribution is 2.31. The van der Waals surface area contributed by atoms with Gasteiger partial charge >= 0.3 is 0 Å². The molecule has 4 rings (SSSR count). The Kier molecular flexibility index (Phi) is 9.77. The number of nitrogens with one attached hydrogen (secondary N) is 3. The van der Waals surface area contributed by atoms with Crippen molar-refractivity contribution in [2.75, 3.05) is 19.5 Å². The number of thiazole rings is 1. The highest BCUT2D eigenvalue weighted by molar-refractivity contribution is 7.15.